The Labute approximate surface area is 180 Å². The van der Waals surface area contributed by atoms with Gasteiger partial charge in [0.15, 0.2) is 6.61 Å². The maximum Gasteiger partial charge on any atom is 0.344 e. The molecule has 0 fully saturated rings. The fourth-order valence-electron chi connectivity index (χ4n) is 3.37. The van der Waals surface area contributed by atoms with Crippen LogP contribution in [0.25, 0.3) is 11.1 Å². The van der Waals surface area contributed by atoms with Crippen LogP contribution in [0, 0.1) is 6.92 Å². The molecule has 0 bridgehead atoms. The largest absolute Gasteiger partial charge is 0.482 e. The van der Waals surface area contributed by atoms with Gasteiger partial charge in [-0.3, -0.25) is 14.5 Å². The second-order valence-corrected chi connectivity index (χ2v) is 7.21. The Bertz CT molecular complexity index is 1080. The number of aryl methyl sites for hydroxylation is 1. The lowest BCUT2D eigenvalue weighted by Gasteiger charge is -2.14. The van der Waals surface area contributed by atoms with Crippen LogP contribution >= 0.6 is 0 Å². The maximum absolute atomic E-state index is 12.3. The fraction of sp³-hybridized carbons (Fsp3) is 0.160. The second-order valence-electron chi connectivity index (χ2n) is 7.21. The zero-order valence-corrected chi connectivity index (χ0v) is 17.0. The molecule has 2 amide bonds. The molecule has 3 aromatic carbocycles. The van der Waals surface area contributed by atoms with Crippen molar-refractivity contribution in [1.82, 2.24) is 4.90 Å². The maximum atomic E-state index is 12.3. The summed E-state index contributed by atoms with van der Waals surface area (Å²) in [5.74, 6) is -0.768. The number of hydrogen-bond donors (Lipinski definition) is 0. The average Bonchev–Trinajstić information content (AvgIpc) is 3.04. The normalized spacial score (nSPS) is 12.6. The molecule has 1 heterocycles. The highest BCUT2D eigenvalue weighted by Crippen LogP contribution is 2.23. The summed E-state index contributed by atoms with van der Waals surface area (Å²) in [5.41, 5.74) is 4.10. The van der Waals surface area contributed by atoms with Crippen LogP contribution in [0.1, 0.15) is 26.3 Å². The predicted octanol–water partition coefficient (Wildman–Crippen LogP) is 3.88. The molecule has 156 valence electrons. The quantitative estimate of drug-likeness (QED) is 0.433. The Morgan fingerprint density at radius 2 is 1.35 bits per heavy atom. The van der Waals surface area contributed by atoms with Gasteiger partial charge in [-0.25, -0.2) is 4.79 Å². The minimum Gasteiger partial charge on any atom is -0.482 e. The van der Waals surface area contributed by atoms with E-state index in [4.69, 9.17) is 9.47 Å². The molecule has 0 saturated heterocycles. The summed E-state index contributed by atoms with van der Waals surface area (Å²) >= 11 is 0. The third-order valence-corrected chi connectivity index (χ3v) is 5.05. The Hall–Kier alpha value is -3.93. The van der Waals surface area contributed by atoms with Crippen LogP contribution in [0.15, 0.2) is 72.8 Å². The van der Waals surface area contributed by atoms with Gasteiger partial charge in [-0.05, 0) is 42.3 Å². The minimum atomic E-state index is -0.570. The third kappa shape index (κ3) is 4.48. The van der Waals surface area contributed by atoms with Crippen LogP contribution in [0.2, 0.25) is 0 Å². The molecule has 31 heavy (non-hydrogen) atoms. The van der Waals surface area contributed by atoms with Gasteiger partial charge in [-0.15, -0.1) is 0 Å². The van der Waals surface area contributed by atoms with E-state index in [0.29, 0.717) is 16.9 Å². The topological polar surface area (TPSA) is 72.9 Å². The molecule has 0 aliphatic carbocycles. The Morgan fingerprint density at radius 1 is 0.806 bits per heavy atom. The fourth-order valence-corrected chi connectivity index (χ4v) is 3.37. The first-order chi connectivity index (χ1) is 15.0. The Morgan fingerprint density at radius 3 is 1.94 bits per heavy atom. The lowest BCUT2D eigenvalue weighted by Crippen LogP contribution is -2.33. The molecule has 1 aliphatic rings. The van der Waals surface area contributed by atoms with Crippen LogP contribution in [-0.2, 0) is 9.53 Å². The molecule has 0 aromatic heterocycles. The molecule has 3 aromatic rings. The van der Waals surface area contributed by atoms with Crippen molar-refractivity contribution in [3.8, 4) is 16.9 Å². The summed E-state index contributed by atoms with van der Waals surface area (Å²) in [5, 5.41) is 0. The first-order valence-corrected chi connectivity index (χ1v) is 9.94. The predicted molar refractivity (Wildman–Crippen MR) is 115 cm³/mol. The average molecular weight is 415 g/mol. The number of ether oxygens (including phenoxy) is 2. The van der Waals surface area contributed by atoms with Gasteiger partial charge in [0.05, 0.1) is 17.7 Å². The number of imide groups is 1. The van der Waals surface area contributed by atoms with Crippen LogP contribution in [0.5, 0.6) is 5.75 Å². The summed E-state index contributed by atoms with van der Waals surface area (Å²) < 4.78 is 10.6. The van der Waals surface area contributed by atoms with Crippen molar-refractivity contribution in [3.05, 3.63) is 89.5 Å². The summed E-state index contributed by atoms with van der Waals surface area (Å²) in [6.07, 6.45) is 0. The van der Waals surface area contributed by atoms with Crippen molar-refractivity contribution >= 4 is 17.8 Å². The number of carbonyl (C=O) groups excluding carboxylic acids is 3. The molecule has 6 heteroatoms. The lowest BCUT2D eigenvalue weighted by molar-refractivity contribution is -0.146. The molecule has 6 nitrogen and oxygen atoms in total. The number of carbonyl (C=O) groups is 3. The van der Waals surface area contributed by atoms with Gasteiger partial charge in [-0.2, -0.15) is 0 Å². The van der Waals surface area contributed by atoms with Gasteiger partial charge < -0.3 is 9.47 Å². The highest BCUT2D eigenvalue weighted by molar-refractivity contribution is 6.21. The zero-order chi connectivity index (χ0) is 21.8. The molecule has 0 saturated carbocycles. The number of amides is 2. The number of esters is 1. The van der Waals surface area contributed by atoms with Gasteiger partial charge in [0.1, 0.15) is 12.4 Å². The highest BCUT2D eigenvalue weighted by atomic mass is 16.6. The van der Waals surface area contributed by atoms with E-state index in [9.17, 15) is 14.4 Å². The van der Waals surface area contributed by atoms with E-state index in [2.05, 4.69) is 24.3 Å². The van der Waals surface area contributed by atoms with Crippen LogP contribution < -0.4 is 4.74 Å². The van der Waals surface area contributed by atoms with Gasteiger partial charge in [-0.1, -0.05) is 54.1 Å². The monoisotopic (exact) mass is 415 g/mol. The van der Waals surface area contributed by atoms with E-state index in [1.54, 1.807) is 36.4 Å². The van der Waals surface area contributed by atoms with Gasteiger partial charge in [0.25, 0.3) is 11.8 Å². The van der Waals surface area contributed by atoms with Crippen molar-refractivity contribution in [2.45, 2.75) is 6.92 Å². The van der Waals surface area contributed by atoms with Gasteiger partial charge in [0, 0.05) is 0 Å². The van der Waals surface area contributed by atoms with Gasteiger partial charge >= 0.3 is 5.97 Å². The van der Waals surface area contributed by atoms with E-state index >= 15 is 0 Å². The van der Waals surface area contributed by atoms with Gasteiger partial charge in [0.2, 0.25) is 0 Å². The van der Waals surface area contributed by atoms with E-state index in [-0.39, 0.29) is 31.6 Å². The lowest BCUT2D eigenvalue weighted by atomic mass is 10.0. The Kier molecular flexibility index (Phi) is 5.80. The molecule has 0 N–H and O–H groups in total. The first kappa shape index (κ1) is 20.3. The number of rotatable bonds is 7. The van der Waals surface area contributed by atoms with E-state index in [1.807, 2.05) is 19.1 Å². The molecule has 0 radical (unpaired) electrons. The van der Waals surface area contributed by atoms with Crippen molar-refractivity contribution in [2.24, 2.45) is 0 Å². The van der Waals surface area contributed by atoms with Crippen LogP contribution in [0.3, 0.4) is 0 Å². The summed E-state index contributed by atoms with van der Waals surface area (Å²) in [7, 11) is 0. The van der Waals surface area contributed by atoms with Crippen molar-refractivity contribution in [3.63, 3.8) is 0 Å². The summed E-state index contributed by atoms with van der Waals surface area (Å²) in [4.78, 5) is 37.6. The van der Waals surface area contributed by atoms with E-state index < -0.39 is 5.97 Å². The van der Waals surface area contributed by atoms with E-state index in [1.165, 1.54) is 5.56 Å². The third-order valence-electron chi connectivity index (χ3n) is 5.05. The standard InChI is InChI=1S/C25H21NO5/c1-17-6-8-18(9-7-17)19-10-12-20(13-11-19)31-16-23(27)30-15-14-26-24(28)21-4-2-3-5-22(21)25(26)29/h2-13H,14-16H2,1H3. The Balaban J connectivity index is 1.23. The molecule has 0 atom stereocenters. The zero-order valence-electron chi connectivity index (χ0n) is 17.0. The summed E-state index contributed by atoms with van der Waals surface area (Å²) in [6.45, 7) is 1.70. The number of fused-ring (bicyclic) bond motifs is 1. The van der Waals surface area contributed by atoms with Crippen molar-refractivity contribution in [2.75, 3.05) is 19.8 Å². The molecule has 0 spiro atoms. The molecule has 4 rings (SSSR count). The number of nitrogens with zero attached hydrogens (tertiary/aromatic N) is 1. The minimum absolute atomic E-state index is 0.00331. The van der Waals surface area contributed by atoms with Crippen molar-refractivity contribution in [1.29, 1.82) is 0 Å². The molecular weight excluding hydrogens is 394 g/mol. The molecule has 0 unspecified atom stereocenters. The molecule has 1 aliphatic heterocycles. The number of hydrogen-bond acceptors (Lipinski definition) is 5. The van der Waals surface area contributed by atoms with Crippen molar-refractivity contribution < 1.29 is 23.9 Å². The SMILES string of the molecule is Cc1ccc(-c2ccc(OCC(=O)OCCN3C(=O)c4ccccc4C3=O)cc2)cc1. The first-order valence-electron chi connectivity index (χ1n) is 9.94. The summed E-state index contributed by atoms with van der Waals surface area (Å²) in [6, 6.07) is 22.3. The van der Waals surface area contributed by atoms with E-state index in [0.717, 1.165) is 16.0 Å². The van der Waals surface area contributed by atoms with Crippen LogP contribution in [-0.4, -0.2) is 42.4 Å². The number of benzene rings is 3. The second kappa shape index (κ2) is 8.83. The smallest absolute Gasteiger partial charge is 0.344 e. The molecular formula is C25H21NO5. The highest BCUT2D eigenvalue weighted by Gasteiger charge is 2.34. The van der Waals surface area contributed by atoms with Crippen LogP contribution in [0.4, 0.5) is 0 Å².